The van der Waals surface area contributed by atoms with Gasteiger partial charge >= 0.3 is 0 Å². The van der Waals surface area contributed by atoms with Crippen molar-refractivity contribution < 1.29 is 4.42 Å². The molecule has 1 aliphatic rings. The average molecular weight is 700 g/mol. The lowest BCUT2D eigenvalue weighted by atomic mass is 9.98. The maximum atomic E-state index is 6.45. The molecule has 0 aliphatic carbocycles. The molecule has 0 spiro atoms. The van der Waals surface area contributed by atoms with Gasteiger partial charge in [-0.15, -0.1) is 11.3 Å². The van der Waals surface area contributed by atoms with E-state index in [1.54, 1.807) is 0 Å². The lowest BCUT2D eigenvalue weighted by molar-refractivity contribution is 0.669. The van der Waals surface area contributed by atoms with E-state index in [0.29, 0.717) is 0 Å². The van der Waals surface area contributed by atoms with E-state index in [9.17, 15) is 0 Å². The summed E-state index contributed by atoms with van der Waals surface area (Å²) in [5.74, 6) is 0. The van der Waals surface area contributed by atoms with Crippen LogP contribution in [0.15, 0.2) is 168 Å². The van der Waals surface area contributed by atoms with Gasteiger partial charge in [-0.3, -0.25) is 0 Å². The number of para-hydroxylation sites is 1. The Kier molecular flexibility index (Phi) is 6.31. The van der Waals surface area contributed by atoms with Gasteiger partial charge < -0.3 is 9.32 Å². The first kappa shape index (κ1) is 29.8. The van der Waals surface area contributed by atoms with Crippen molar-refractivity contribution in [1.29, 1.82) is 0 Å². The van der Waals surface area contributed by atoms with Crippen molar-refractivity contribution >= 4 is 99.7 Å². The van der Waals surface area contributed by atoms with E-state index >= 15 is 0 Å². The van der Waals surface area contributed by atoms with Gasteiger partial charge in [0.2, 0.25) is 0 Å². The van der Waals surface area contributed by atoms with E-state index in [2.05, 4.69) is 176 Å². The van der Waals surface area contributed by atoms with Gasteiger partial charge in [0.1, 0.15) is 19.2 Å². The summed E-state index contributed by atoms with van der Waals surface area (Å²) in [5, 5.41) is 10.6. The molecule has 4 heteroatoms. The SMILES string of the molecule is C[Si]1(C)c2cc(N(c3cccc(-c4ccc5ccccc5c4)c3)c3ccc4c(c3)oc3ccccc34)ccc2-c2c1ccc1sc3ccccc3c21. The van der Waals surface area contributed by atoms with Crippen LogP contribution in [0.25, 0.3) is 75.1 Å². The predicted octanol–water partition coefficient (Wildman–Crippen LogP) is 13.0. The van der Waals surface area contributed by atoms with Crippen LogP contribution in [0.2, 0.25) is 13.1 Å². The van der Waals surface area contributed by atoms with Crippen LogP contribution in [-0.2, 0) is 0 Å². The van der Waals surface area contributed by atoms with Crippen molar-refractivity contribution in [2.24, 2.45) is 0 Å². The summed E-state index contributed by atoms with van der Waals surface area (Å²) in [6.45, 7) is 5.04. The van der Waals surface area contributed by atoms with Crippen LogP contribution in [-0.4, -0.2) is 8.07 Å². The normalized spacial score (nSPS) is 13.3. The number of thiophene rings is 1. The molecule has 1 aliphatic heterocycles. The van der Waals surface area contributed by atoms with E-state index in [0.717, 1.165) is 39.0 Å². The summed E-state index contributed by atoms with van der Waals surface area (Å²) in [7, 11) is -2.03. The largest absolute Gasteiger partial charge is 0.456 e. The Morgan fingerprint density at radius 3 is 2.13 bits per heavy atom. The molecule has 0 radical (unpaired) electrons. The molecule has 2 aromatic heterocycles. The number of rotatable bonds is 4. The Morgan fingerprint density at radius 2 is 1.21 bits per heavy atom. The van der Waals surface area contributed by atoms with Crippen molar-refractivity contribution in [1.82, 2.24) is 0 Å². The summed E-state index contributed by atoms with van der Waals surface area (Å²) in [5.41, 5.74) is 10.4. The zero-order valence-electron chi connectivity index (χ0n) is 28.9. The van der Waals surface area contributed by atoms with Crippen LogP contribution in [0.5, 0.6) is 0 Å². The average Bonchev–Trinajstić information content (AvgIpc) is 3.82. The van der Waals surface area contributed by atoms with Gasteiger partial charge in [0.15, 0.2) is 0 Å². The zero-order chi connectivity index (χ0) is 34.6. The number of anilines is 3. The van der Waals surface area contributed by atoms with Crippen molar-refractivity contribution in [2.75, 3.05) is 4.90 Å². The monoisotopic (exact) mass is 699 g/mol. The topological polar surface area (TPSA) is 16.4 Å². The molecular formula is C48H33NOSSi. The maximum absolute atomic E-state index is 6.45. The summed E-state index contributed by atoms with van der Waals surface area (Å²) >= 11 is 1.91. The van der Waals surface area contributed by atoms with E-state index in [1.165, 1.54) is 63.6 Å². The summed E-state index contributed by atoms with van der Waals surface area (Å²) in [6, 6.07) is 60.2. The quantitative estimate of drug-likeness (QED) is 0.170. The second kappa shape index (κ2) is 11.0. The number of benzene rings is 8. The summed E-state index contributed by atoms with van der Waals surface area (Å²) in [4.78, 5) is 2.42. The highest BCUT2D eigenvalue weighted by Gasteiger charge is 2.39. The Labute approximate surface area is 306 Å². The van der Waals surface area contributed by atoms with Gasteiger partial charge in [-0.1, -0.05) is 110 Å². The fourth-order valence-electron chi connectivity index (χ4n) is 8.66. The van der Waals surface area contributed by atoms with Gasteiger partial charge in [-0.25, -0.2) is 0 Å². The standard InChI is InChI=1S/C48H33NOSSi/c1-52(2)45-25-24-44-47(39-15-6-8-17-43(39)51-44)48(45)40-23-21-36(29-46(40)52)49(35-20-22-38-37-14-5-7-16-41(37)50-42(38)28-35)34-13-9-12-32(27-34)33-19-18-30-10-3-4-11-31(30)26-33/h3-29H,1-2H3. The maximum Gasteiger partial charge on any atom is 0.137 e. The molecule has 10 aromatic rings. The van der Waals surface area contributed by atoms with Crippen LogP contribution < -0.4 is 15.3 Å². The number of hydrogen-bond acceptors (Lipinski definition) is 3. The minimum Gasteiger partial charge on any atom is -0.456 e. The molecule has 0 atom stereocenters. The highest BCUT2D eigenvalue weighted by atomic mass is 32.1. The Balaban J connectivity index is 1.12. The summed E-state index contributed by atoms with van der Waals surface area (Å²) in [6.07, 6.45) is 0. The van der Waals surface area contributed by atoms with E-state index in [-0.39, 0.29) is 0 Å². The number of nitrogens with zero attached hydrogens (tertiary/aromatic N) is 1. The first-order valence-electron chi connectivity index (χ1n) is 17.9. The molecule has 0 saturated carbocycles. The zero-order valence-corrected chi connectivity index (χ0v) is 30.7. The lowest BCUT2D eigenvalue weighted by Crippen LogP contribution is -2.49. The van der Waals surface area contributed by atoms with Crippen molar-refractivity contribution in [3.63, 3.8) is 0 Å². The molecule has 2 nitrogen and oxygen atoms in total. The molecule has 0 amide bonds. The smallest absolute Gasteiger partial charge is 0.137 e. The van der Waals surface area contributed by atoms with E-state index in [1.807, 2.05) is 17.4 Å². The van der Waals surface area contributed by atoms with Crippen molar-refractivity contribution in [3.05, 3.63) is 164 Å². The fraction of sp³-hybridized carbons (Fsp3) is 0.0417. The van der Waals surface area contributed by atoms with E-state index in [4.69, 9.17) is 4.42 Å². The molecule has 11 rings (SSSR count). The molecule has 52 heavy (non-hydrogen) atoms. The second-order valence-corrected chi connectivity index (χ2v) is 20.0. The highest BCUT2D eigenvalue weighted by molar-refractivity contribution is 7.26. The van der Waals surface area contributed by atoms with Crippen LogP contribution >= 0.6 is 11.3 Å². The third kappa shape index (κ3) is 4.35. The molecule has 0 N–H and O–H groups in total. The Hall–Kier alpha value is -5.94. The third-order valence-corrected chi connectivity index (χ3v) is 15.9. The predicted molar refractivity (Wildman–Crippen MR) is 226 cm³/mol. The molecule has 0 unspecified atom stereocenters. The first-order chi connectivity index (χ1) is 25.5. The Morgan fingerprint density at radius 1 is 0.481 bits per heavy atom. The van der Waals surface area contributed by atoms with Gasteiger partial charge in [0.05, 0.1) is 0 Å². The van der Waals surface area contributed by atoms with Gasteiger partial charge in [-0.05, 0) is 104 Å². The highest BCUT2D eigenvalue weighted by Crippen LogP contribution is 2.45. The van der Waals surface area contributed by atoms with E-state index < -0.39 is 8.07 Å². The van der Waals surface area contributed by atoms with Gasteiger partial charge in [0, 0.05) is 54.1 Å². The molecule has 0 fully saturated rings. The van der Waals surface area contributed by atoms with Crippen LogP contribution in [0, 0.1) is 0 Å². The van der Waals surface area contributed by atoms with Crippen molar-refractivity contribution in [3.8, 4) is 22.3 Å². The van der Waals surface area contributed by atoms with Gasteiger partial charge in [-0.2, -0.15) is 0 Å². The number of furan rings is 1. The van der Waals surface area contributed by atoms with Crippen LogP contribution in [0.4, 0.5) is 17.1 Å². The minimum absolute atomic E-state index is 0.893. The molecule has 246 valence electrons. The van der Waals surface area contributed by atoms with Crippen LogP contribution in [0.1, 0.15) is 0 Å². The summed E-state index contributed by atoms with van der Waals surface area (Å²) < 4.78 is 9.17. The van der Waals surface area contributed by atoms with Gasteiger partial charge in [0.25, 0.3) is 0 Å². The molecule has 8 aromatic carbocycles. The van der Waals surface area contributed by atoms with Crippen LogP contribution in [0.3, 0.4) is 0 Å². The number of fused-ring (bicyclic) bond motifs is 11. The number of hydrogen-bond donors (Lipinski definition) is 0. The third-order valence-electron chi connectivity index (χ3n) is 11.2. The first-order valence-corrected chi connectivity index (χ1v) is 21.7. The lowest BCUT2D eigenvalue weighted by Gasteiger charge is -2.28. The molecular weight excluding hydrogens is 667 g/mol. The van der Waals surface area contributed by atoms with Crippen molar-refractivity contribution in [2.45, 2.75) is 13.1 Å². The molecule has 3 heterocycles. The minimum atomic E-state index is -2.03. The molecule has 0 bridgehead atoms. The fourth-order valence-corrected chi connectivity index (χ4v) is 12.8. The molecule has 0 saturated heterocycles. The Bertz CT molecular complexity index is 3080. The second-order valence-electron chi connectivity index (χ2n) is 14.5.